The van der Waals surface area contributed by atoms with Gasteiger partial charge in [0.25, 0.3) is 0 Å². The van der Waals surface area contributed by atoms with Gasteiger partial charge in [-0.2, -0.15) is 0 Å². The number of hydrogen-bond donors (Lipinski definition) is 3. The third kappa shape index (κ3) is 6.62. The van der Waals surface area contributed by atoms with E-state index in [1.807, 2.05) is 12.1 Å². The van der Waals surface area contributed by atoms with Crippen LogP contribution in [0.3, 0.4) is 0 Å². The number of benzene rings is 2. The number of nitrogens with one attached hydrogen (secondary N) is 1. The van der Waals surface area contributed by atoms with E-state index in [9.17, 15) is 9.59 Å². The second-order valence-electron chi connectivity index (χ2n) is 7.51. The van der Waals surface area contributed by atoms with Crippen LogP contribution in [0.2, 0.25) is 0 Å². The maximum atomic E-state index is 11.0. The molecule has 32 heavy (non-hydrogen) atoms. The average molecular weight is 445 g/mol. The van der Waals surface area contributed by atoms with Crippen LogP contribution in [0, 0.1) is 0 Å². The Morgan fingerprint density at radius 3 is 2.38 bits per heavy atom. The van der Waals surface area contributed by atoms with E-state index in [2.05, 4.69) is 11.4 Å². The molecule has 1 aliphatic carbocycles. The molecule has 3 rings (SSSR count). The molecule has 1 unspecified atom stereocenters. The molecule has 2 aromatic rings. The number of carbonyl (C=O) groups excluding carboxylic acids is 1. The van der Waals surface area contributed by atoms with Crippen LogP contribution < -0.4 is 25.3 Å². The highest BCUT2D eigenvalue weighted by molar-refractivity contribution is 5.82. The Kier molecular flexibility index (Phi) is 9.34. The van der Waals surface area contributed by atoms with Crippen molar-refractivity contribution in [1.82, 2.24) is 5.32 Å². The number of nitrogens with two attached hydrogens (primary N) is 1. The first-order valence-electron chi connectivity index (χ1n) is 10.4. The molecule has 0 fully saturated rings. The number of carboxylic acid groups (broad SMARTS) is 1. The highest BCUT2D eigenvalue weighted by Crippen LogP contribution is 2.33. The second-order valence-corrected chi connectivity index (χ2v) is 7.51. The Morgan fingerprint density at radius 2 is 1.78 bits per heavy atom. The van der Waals surface area contributed by atoms with Crippen molar-refractivity contribution in [3.05, 3.63) is 53.1 Å². The molecule has 2 aromatic carbocycles. The summed E-state index contributed by atoms with van der Waals surface area (Å²) in [7, 11) is 4.74. The zero-order valence-corrected chi connectivity index (χ0v) is 19.0. The van der Waals surface area contributed by atoms with E-state index < -0.39 is 12.0 Å². The maximum absolute atomic E-state index is 11.0. The fourth-order valence-corrected chi connectivity index (χ4v) is 3.73. The van der Waals surface area contributed by atoms with Crippen LogP contribution in [0.15, 0.2) is 36.4 Å². The van der Waals surface area contributed by atoms with E-state index in [0.717, 1.165) is 24.2 Å². The Bertz CT molecular complexity index is 931. The molecule has 8 heteroatoms. The van der Waals surface area contributed by atoms with Gasteiger partial charge in [-0.3, -0.25) is 4.79 Å². The van der Waals surface area contributed by atoms with Gasteiger partial charge in [0.2, 0.25) is 5.91 Å². The standard InChI is InChI=1S/C13H17NO5.C11H15NO/c1-8(15)14-10(13(16)17)6-9-4-5-11(18-2)12(7-9)19-3;1-13-11-7-3-4-8-9(11)5-2-6-10(8)12/h4-5,7,10H,6H2,1-3H3,(H,14,15)(H,16,17);3-4,7,10H,2,5-6,12H2,1H3/t;10-/m.0/s1. The molecule has 0 aromatic heterocycles. The highest BCUT2D eigenvalue weighted by atomic mass is 16.5. The molecule has 0 bridgehead atoms. The quantitative estimate of drug-likeness (QED) is 0.601. The summed E-state index contributed by atoms with van der Waals surface area (Å²) in [6, 6.07) is 10.5. The Hall–Kier alpha value is -3.26. The van der Waals surface area contributed by atoms with Crippen molar-refractivity contribution in [1.29, 1.82) is 0 Å². The number of methoxy groups -OCH3 is 3. The van der Waals surface area contributed by atoms with Crippen LogP contribution in [0.1, 0.15) is 42.5 Å². The van der Waals surface area contributed by atoms with Gasteiger partial charge in [0.15, 0.2) is 11.5 Å². The number of amides is 1. The zero-order chi connectivity index (χ0) is 23.7. The van der Waals surface area contributed by atoms with E-state index in [1.165, 1.54) is 38.7 Å². The van der Waals surface area contributed by atoms with E-state index in [0.29, 0.717) is 11.5 Å². The van der Waals surface area contributed by atoms with Crippen molar-refractivity contribution in [3.63, 3.8) is 0 Å². The number of carbonyl (C=O) groups is 2. The van der Waals surface area contributed by atoms with E-state index in [-0.39, 0.29) is 18.4 Å². The monoisotopic (exact) mass is 444 g/mol. The van der Waals surface area contributed by atoms with Crippen molar-refractivity contribution >= 4 is 11.9 Å². The Balaban J connectivity index is 0.000000242. The molecule has 0 heterocycles. The van der Waals surface area contributed by atoms with Gasteiger partial charge in [-0.15, -0.1) is 0 Å². The predicted octanol–water partition coefficient (Wildman–Crippen LogP) is 2.87. The number of rotatable bonds is 7. The molecule has 0 radical (unpaired) electrons. The SMILES string of the molecule is COc1ccc(CC(NC(C)=O)C(=O)O)cc1OC.COc1cccc2c1CCC[C@@H]2N. The number of aliphatic carboxylic acids is 1. The molecule has 174 valence electrons. The third-order valence-electron chi connectivity index (χ3n) is 5.29. The van der Waals surface area contributed by atoms with Gasteiger partial charge in [-0.05, 0) is 54.2 Å². The molecular weight excluding hydrogens is 412 g/mol. The van der Waals surface area contributed by atoms with Gasteiger partial charge in [0, 0.05) is 19.4 Å². The summed E-state index contributed by atoms with van der Waals surface area (Å²) in [4.78, 5) is 22.0. The van der Waals surface area contributed by atoms with Crippen LogP contribution in [0.25, 0.3) is 0 Å². The van der Waals surface area contributed by atoms with E-state index in [1.54, 1.807) is 25.3 Å². The minimum Gasteiger partial charge on any atom is -0.496 e. The van der Waals surface area contributed by atoms with Crippen LogP contribution in [-0.4, -0.2) is 44.4 Å². The summed E-state index contributed by atoms with van der Waals surface area (Å²) < 4.78 is 15.5. The molecule has 2 atom stereocenters. The van der Waals surface area contributed by atoms with Crippen LogP contribution in [0.4, 0.5) is 0 Å². The largest absolute Gasteiger partial charge is 0.496 e. The average Bonchev–Trinajstić information content (AvgIpc) is 2.78. The number of fused-ring (bicyclic) bond motifs is 1. The fraction of sp³-hybridized carbons (Fsp3) is 0.417. The minimum absolute atomic E-state index is 0.176. The van der Waals surface area contributed by atoms with E-state index in [4.69, 9.17) is 25.1 Å². The molecule has 0 saturated heterocycles. The maximum Gasteiger partial charge on any atom is 0.326 e. The first kappa shape index (κ1) is 25.0. The lowest BCUT2D eigenvalue weighted by atomic mass is 9.88. The normalized spacial score (nSPS) is 15.3. The first-order chi connectivity index (χ1) is 15.3. The number of hydrogen-bond acceptors (Lipinski definition) is 6. The lowest BCUT2D eigenvalue weighted by Gasteiger charge is -2.23. The van der Waals surface area contributed by atoms with Gasteiger partial charge in [-0.1, -0.05) is 18.2 Å². The zero-order valence-electron chi connectivity index (χ0n) is 19.0. The lowest BCUT2D eigenvalue weighted by molar-refractivity contribution is -0.141. The highest BCUT2D eigenvalue weighted by Gasteiger charge is 2.20. The summed E-state index contributed by atoms with van der Waals surface area (Å²) >= 11 is 0. The predicted molar refractivity (Wildman–Crippen MR) is 121 cm³/mol. The second kappa shape index (κ2) is 12.0. The van der Waals surface area contributed by atoms with Gasteiger partial charge < -0.3 is 30.4 Å². The Morgan fingerprint density at radius 1 is 1.09 bits per heavy atom. The Labute approximate surface area is 188 Å². The summed E-state index contributed by atoms with van der Waals surface area (Å²) in [5.74, 6) is 0.620. The molecule has 1 aliphatic rings. The molecular formula is C24H32N2O6. The van der Waals surface area contributed by atoms with Crippen molar-refractivity contribution in [2.24, 2.45) is 5.73 Å². The number of ether oxygens (including phenoxy) is 3. The van der Waals surface area contributed by atoms with Crippen molar-refractivity contribution < 1.29 is 28.9 Å². The van der Waals surface area contributed by atoms with Crippen LogP contribution in [0.5, 0.6) is 17.2 Å². The van der Waals surface area contributed by atoms with Crippen LogP contribution in [-0.2, 0) is 22.4 Å². The minimum atomic E-state index is -1.08. The first-order valence-corrected chi connectivity index (χ1v) is 10.4. The van der Waals surface area contributed by atoms with Crippen molar-refractivity contribution in [2.45, 2.75) is 44.7 Å². The summed E-state index contributed by atoms with van der Waals surface area (Å²) in [6.45, 7) is 1.28. The smallest absolute Gasteiger partial charge is 0.326 e. The van der Waals surface area contributed by atoms with Gasteiger partial charge in [0.1, 0.15) is 11.8 Å². The van der Waals surface area contributed by atoms with E-state index >= 15 is 0 Å². The summed E-state index contributed by atoms with van der Waals surface area (Å²) in [5, 5.41) is 11.4. The summed E-state index contributed by atoms with van der Waals surface area (Å²) in [6.07, 6.45) is 3.55. The topological polar surface area (TPSA) is 120 Å². The third-order valence-corrected chi connectivity index (χ3v) is 5.29. The molecule has 8 nitrogen and oxygen atoms in total. The van der Waals surface area contributed by atoms with Crippen molar-refractivity contribution in [3.8, 4) is 17.2 Å². The number of carboxylic acids is 1. The summed E-state index contributed by atoms with van der Waals surface area (Å²) in [5.41, 5.74) is 9.33. The molecule has 1 amide bonds. The fourth-order valence-electron chi connectivity index (χ4n) is 3.73. The molecule has 0 spiro atoms. The molecule has 0 saturated carbocycles. The van der Waals surface area contributed by atoms with Gasteiger partial charge in [0.05, 0.1) is 21.3 Å². The lowest BCUT2D eigenvalue weighted by Crippen LogP contribution is -2.41. The van der Waals surface area contributed by atoms with Gasteiger partial charge >= 0.3 is 5.97 Å². The van der Waals surface area contributed by atoms with Crippen LogP contribution >= 0.6 is 0 Å². The molecule has 4 N–H and O–H groups in total. The molecule has 0 aliphatic heterocycles. The van der Waals surface area contributed by atoms with Gasteiger partial charge in [-0.25, -0.2) is 4.79 Å². The van der Waals surface area contributed by atoms with Crippen molar-refractivity contribution in [2.75, 3.05) is 21.3 Å².